The van der Waals surface area contributed by atoms with Crippen LogP contribution in [0.1, 0.15) is 219 Å². The Balaban J connectivity index is 4.08. The van der Waals surface area contributed by atoms with Crippen molar-refractivity contribution in [2.75, 3.05) is 26.4 Å². The Kier molecular flexibility index (Phi) is 48.4. The maximum absolute atomic E-state index is 12.7. The van der Waals surface area contributed by atoms with Crippen molar-refractivity contribution in [2.45, 2.75) is 225 Å². The van der Waals surface area contributed by atoms with Gasteiger partial charge in [0.05, 0.1) is 13.2 Å². The number of carbonyl (C=O) groups excluding carboxylic acids is 2. The van der Waals surface area contributed by atoms with Crippen LogP contribution in [0.15, 0.2) is 85.1 Å². The van der Waals surface area contributed by atoms with Crippen LogP contribution in [-0.4, -0.2) is 49.3 Å². The summed E-state index contributed by atoms with van der Waals surface area (Å²) in [6.45, 7) is 3.61. The second kappa shape index (κ2) is 50.6. The minimum atomic E-state index is -4.39. The third-order valence-corrected chi connectivity index (χ3v) is 11.7. The van der Waals surface area contributed by atoms with Crippen LogP contribution >= 0.6 is 7.82 Å². The third kappa shape index (κ3) is 50.4. The normalized spacial score (nSPS) is 13.8. The van der Waals surface area contributed by atoms with Crippen LogP contribution in [0.2, 0.25) is 0 Å². The molecule has 0 aromatic rings. The van der Waals surface area contributed by atoms with Gasteiger partial charge in [0.2, 0.25) is 0 Å². The molecule has 0 fully saturated rings. The van der Waals surface area contributed by atoms with E-state index in [0.717, 1.165) is 96.3 Å². The second-order valence-corrected chi connectivity index (χ2v) is 18.5. The average molecular weight is 930 g/mol. The zero-order valence-electron chi connectivity index (χ0n) is 41.4. The van der Waals surface area contributed by atoms with Crippen molar-refractivity contribution in [3.8, 4) is 0 Å². The summed E-state index contributed by atoms with van der Waals surface area (Å²) in [7, 11) is -4.39. The summed E-state index contributed by atoms with van der Waals surface area (Å²) in [5.41, 5.74) is 5.37. The monoisotopic (exact) mass is 930 g/mol. The number of esters is 2. The van der Waals surface area contributed by atoms with Gasteiger partial charge in [-0.3, -0.25) is 18.6 Å². The Bertz CT molecular complexity index is 1340. The molecule has 0 heterocycles. The molecule has 2 unspecified atom stereocenters. The second-order valence-electron chi connectivity index (χ2n) is 17.0. The van der Waals surface area contributed by atoms with E-state index >= 15 is 0 Å². The van der Waals surface area contributed by atoms with E-state index in [1.165, 1.54) is 89.9 Å². The number of carbonyl (C=O) groups is 2. The lowest BCUT2D eigenvalue weighted by atomic mass is 10.1. The summed E-state index contributed by atoms with van der Waals surface area (Å²) in [6, 6.07) is 0. The first kappa shape index (κ1) is 62.2. The number of allylic oxidation sites excluding steroid dienone is 14. The van der Waals surface area contributed by atoms with Gasteiger partial charge in [-0.25, -0.2) is 4.57 Å². The Hall–Kier alpha value is -2.81. The van der Waals surface area contributed by atoms with E-state index < -0.39 is 26.5 Å². The van der Waals surface area contributed by atoms with Crippen LogP contribution in [0, 0.1) is 0 Å². The fourth-order valence-corrected chi connectivity index (χ4v) is 7.69. The molecule has 2 atom stereocenters. The van der Waals surface area contributed by atoms with Gasteiger partial charge < -0.3 is 20.1 Å². The van der Waals surface area contributed by atoms with E-state index in [4.69, 9.17) is 24.3 Å². The summed E-state index contributed by atoms with van der Waals surface area (Å²) in [6.07, 6.45) is 64.7. The van der Waals surface area contributed by atoms with Gasteiger partial charge in [-0.1, -0.05) is 202 Å². The van der Waals surface area contributed by atoms with Gasteiger partial charge in [0.25, 0.3) is 0 Å². The van der Waals surface area contributed by atoms with Crippen molar-refractivity contribution < 1.29 is 37.6 Å². The van der Waals surface area contributed by atoms with Crippen LogP contribution in [0.5, 0.6) is 0 Å². The summed E-state index contributed by atoms with van der Waals surface area (Å²) in [4.78, 5) is 35.1. The highest BCUT2D eigenvalue weighted by molar-refractivity contribution is 7.47. The predicted octanol–water partition coefficient (Wildman–Crippen LogP) is 16.0. The van der Waals surface area contributed by atoms with Crippen molar-refractivity contribution in [1.82, 2.24) is 0 Å². The average Bonchev–Trinajstić information content (AvgIpc) is 3.30. The highest BCUT2D eigenvalue weighted by atomic mass is 31.2. The van der Waals surface area contributed by atoms with Crippen LogP contribution in [-0.2, 0) is 32.7 Å². The lowest BCUT2D eigenvalue weighted by Gasteiger charge is -2.19. The fraction of sp³-hybridized carbons (Fsp3) is 0.709. The first-order valence-corrected chi connectivity index (χ1v) is 27.6. The van der Waals surface area contributed by atoms with Crippen molar-refractivity contribution in [3.05, 3.63) is 85.1 Å². The predicted molar refractivity (Wildman–Crippen MR) is 275 cm³/mol. The van der Waals surface area contributed by atoms with Gasteiger partial charge in [-0.2, -0.15) is 0 Å². The molecule has 10 heteroatoms. The molecule has 3 N–H and O–H groups in total. The standard InChI is InChI=1S/C55H96NO8P/c1-3-5-7-9-11-13-15-17-19-21-22-23-24-25-26-27-28-29-30-32-34-36-38-40-42-44-46-48-55(58)64-53(52-63-65(59,60)62-50-49-56)51-61-54(57)47-45-43-41-39-37-35-33-31-20-18-16-14-12-10-8-6-4-2/h5,7,11,13,17-20,22-23,25-26,28-29,53H,3-4,6,8-10,12,14-16,21,24,27,30-52,56H2,1-2H3,(H,59,60)/b7-5-,13-11-,19-17-,20-18-,23-22-,26-25-,29-28-. The number of phosphoric acid groups is 1. The molecule has 0 saturated carbocycles. The van der Waals surface area contributed by atoms with Crippen LogP contribution in [0.25, 0.3) is 0 Å². The van der Waals surface area contributed by atoms with E-state index in [9.17, 15) is 19.0 Å². The minimum Gasteiger partial charge on any atom is -0.462 e. The van der Waals surface area contributed by atoms with Crippen molar-refractivity contribution >= 4 is 19.8 Å². The lowest BCUT2D eigenvalue weighted by molar-refractivity contribution is -0.161. The summed E-state index contributed by atoms with van der Waals surface area (Å²) in [5, 5.41) is 0. The van der Waals surface area contributed by atoms with Gasteiger partial charge in [-0.15, -0.1) is 0 Å². The zero-order chi connectivity index (χ0) is 47.4. The molecule has 0 aromatic carbocycles. The number of rotatable bonds is 48. The molecule has 374 valence electrons. The van der Waals surface area contributed by atoms with Gasteiger partial charge in [0, 0.05) is 19.4 Å². The Morgan fingerprint density at radius 3 is 1.28 bits per heavy atom. The topological polar surface area (TPSA) is 134 Å². The molecule has 0 bridgehead atoms. The van der Waals surface area contributed by atoms with E-state index in [-0.39, 0.29) is 38.6 Å². The van der Waals surface area contributed by atoms with E-state index in [0.29, 0.717) is 6.42 Å². The molecule has 0 aliphatic rings. The first-order valence-electron chi connectivity index (χ1n) is 26.1. The molecule has 0 spiro atoms. The van der Waals surface area contributed by atoms with Crippen molar-refractivity contribution in [1.29, 1.82) is 0 Å². The van der Waals surface area contributed by atoms with Crippen LogP contribution in [0.3, 0.4) is 0 Å². The number of phosphoric ester groups is 1. The van der Waals surface area contributed by atoms with E-state index in [1.54, 1.807) is 0 Å². The number of hydrogen-bond donors (Lipinski definition) is 2. The Morgan fingerprint density at radius 1 is 0.477 bits per heavy atom. The number of hydrogen-bond acceptors (Lipinski definition) is 8. The number of ether oxygens (including phenoxy) is 2. The lowest BCUT2D eigenvalue weighted by Crippen LogP contribution is -2.29. The highest BCUT2D eigenvalue weighted by Crippen LogP contribution is 2.43. The van der Waals surface area contributed by atoms with Gasteiger partial charge in [0.15, 0.2) is 6.10 Å². The molecular formula is C55H96NO8P. The fourth-order valence-electron chi connectivity index (χ4n) is 6.93. The summed E-state index contributed by atoms with van der Waals surface area (Å²) >= 11 is 0. The molecule has 0 saturated heterocycles. The Morgan fingerprint density at radius 2 is 0.846 bits per heavy atom. The minimum absolute atomic E-state index is 0.0476. The summed E-state index contributed by atoms with van der Waals surface area (Å²) in [5.74, 6) is -0.844. The van der Waals surface area contributed by atoms with Crippen molar-refractivity contribution in [3.63, 3.8) is 0 Å². The third-order valence-electron chi connectivity index (χ3n) is 10.8. The number of nitrogens with two attached hydrogens (primary N) is 1. The molecule has 0 rings (SSSR count). The molecule has 0 radical (unpaired) electrons. The zero-order valence-corrected chi connectivity index (χ0v) is 42.3. The highest BCUT2D eigenvalue weighted by Gasteiger charge is 2.26. The molecule has 65 heavy (non-hydrogen) atoms. The van der Waals surface area contributed by atoms with Gasteiger partial charge in [-0.05, 0) is 89.9 Å². The molecular weight excluding hydrogens is 834 g/mol. The molecule has 0 aromatic heterocycles. The largest absolute Gasteiger partial charge is 0.472 e. The maximum atomic E-state index is 12.7. The smallest absolute Gasteiger partial charge is 0.462 e. The first-order chi connectivity index (χ1) is 31.8. The summed E-state index contributed by atoms with van der Waals surface area (Å²) < 4.78 is 32.9. The molecule has 0 aliphatic heterocycles. The maximum Gasteiger partial charge on any atom is 0.472 e. The van der Waals surface area contributed by atoms with Gasteiger partial charge in [0.1, 0.15) is 6.61 Å². The van der Waals surface area contributed by atoms with Crippen LogP contribution < -0.4 is 5.73 Å². The van der Waals surface area contributed by atoms with Crippen LogP contribution in [0.4, 0.5) is 0 Å². The van der Waals surface area contributed by atoms with E-state index in [1.807, 2.05) is 0 Å². The Labute approximate surface area is 398 Å². The number of unbranched alkanes of at least 4 members (excludes halogenated alkanes) is 21. The quantitative estimate of drug-likeness (QED) is 0.0265. The molecule has 0 amide bonds. The van der Waals surface area contributed by atoms with E-state index in [2.05, 4.69) is 98.9 Å². The molecule has 9 nitrogen and oxygen atoms in total. The van der Waals surface area contributed by atoms with Crippen molar-refractivity contribution in [2.24, 2.45) is 5.73 Å². The van der Waals surface area contributed by atoms with Gasteiger partial charge >= 0.3 is 19.8 Å². The SMILES string of the molecule is CC/C=C\C/C=C\C/C=C\C/C=C\C/C=C\C/C=C\CCCCCCCCCCC(=O)OC(COC(=O)CCCCCCCCC/C=C\CCCCCCCC)COP(=O)(O)OCCN. The molecule has 0 aliphatic carbocycles.